The van der Waals surface area contributed by atoms with Gasteiger partial charge in [-0.25, -0.2) is 0 Å². The molecule has 3 aromatic carbocycles. The summed E-state index contributed by atoms with van der Waals surface area (Å²) in [5.74, 6) is 2.04. The number of phenols is 2. The molecule has 2 aliphatic rings. The topological polar surface area (TPSA) is 40.5 Å². The van der Waals surface area contributed by atoms with Gasteiger partial charge in [0.2, 0.25) is 0 Å². The molecule has 0 unspecified atom stereocenters. The van der Waals surface area contributed by atoms with E-state index in [-0.39, 0.29) is 33.8 Å². The molecular weight excluding hydrogens is 425 g/mol. The molecule has 0 heterocycles. The predicted molar refractivity (Wildman–Crippen MR) is 122 cm³/mol. The van der Waals surface area contributed by atoms with Gasteiger partial charge in [0.15, 0.2) is 0 Å². The Bertz CT molecular complexity index is 1230. The van der Waals surface area contributed by atoms with Crippen molar-refractivity contribution in [2.24, 2.45) is 0 Å². The fraction of sp³-hybridized carbons (Fsp3) is 0.0714. The fourth-order valence-electron chi connectivity index (χ4n) is 3.98. The number of benzene rings is 4. The van der Waals surface area contributed by atoms with Gasteiger partial charge in [0, 0.05) is 5.56 Å². The Kier molecular flexibility index (Phi) is 5.61. The van der Waals surface area contributed by atoms with Gasteiger partial charge in [0.1, 0.15) is 16.9 Å². The third-order valence-corrected chi connectivity index (χ3v) is 5.73. The molecular formula is C28H19F3O2. The molecule has 0 amide bonds. The van der Waals surface area contributed by atoms with Gasteiger partial charge in [-0.05, 0) is 58.1 Å². The van der Waals surface area contributed by atoms with Crippen molar-refractivity contribution < 1.29 is 23.4 Å². The van der Waals surface area contributed by atoms with Gasteiger partial charge in [0.25, 0.3) is 0 Å². The van der Waals surface area contributed by atoms with E-state index in [0.717, 1.165) is 0 Å². The highest BCUT2D eigenvalue weighted by Crippen LogP contribution is 2.52. The highest BCUT2D eigenvalue weighted by atomic mass is 19.4. The molecule has 2 nitrogen and oxygen atoms in total. The van der Waals surface area contributed by atoms with Gasteiger partial charge in [-0.2, -0.15) is 13.2 Å². The second kappa shape index (κ2) is 8.40. The zero-order valence-corrected chi connectivity index (χ0v) is 17.3. The van der Waals surface area contributed by atoms with Gasteiger partial charge in [-0.3, -0.25) is 0 Å². The van der Waals surface area contributed by atoms with Crippen LogP contribution in [-0.2, 0) is 5.41 Å². The minimum absolute atomic E-state index is 0.0961. The number of alkyl halides is 3. The van der Waals surface area contributed by atoms with E-state index >= 15 is 0 Å². The van der Waals surface area contributed by atoms with Gasteiger partial charge < -0.3 is 10.2 Å². The molecule has 2 N–H and O–H groups in total. The van der Waals surface area contributed by atoms with Crippen molar-refractivity contribution in [1.82, 2.24) is 0 Å². The number of phenolic OH excluding ortho intramolecular Hbond substituents is 2. The molecule has 33 heavy (non-hydrogen) atoms. The molecule has 0 spiro atoms. The Morgan fingerprint density at radius 3 is 1.36 bits per heavy atom. The lowest BCUT2D eigenvalue weighted by molar-refractivity contribution is -0.166. The summed E-state index contributed by atoms with van der Waals surface area (Å²) < 4.78 is 44.3. The van der Waals surface area contributed by atoms with Crippen LogP contribution < -0.4 is 0 Å². The maximum atomic E-state index is 14.8. The van der Waals surface area contributed by atoms with Crippen LogP contribution in [0.25, 0.3) is 11.1 Å². The van der Waals surface area contributed by atoms with E-state index in [1.165, 1.54) is 77.9 Å². The predicted octanol–water partition coefficient (Wildman–Crippen LogP) is 6.64. The molecule has 0 bridgehead atoms. The molecule has 0 radical (unpaired) electrons. The van der Waals surface area contributed by atoms with E-state index in [1.807, 2.05) is 0 Å². The van der Waals surface area contributed by atoms with Crippen LogP contribution in [0.2, 0.25) is 0 Å². The van der Waals surface area contributed by atoms with Gasteiger partial charge in [-0.15, -0.1) is 6.42 Å². The first-order valence-corrected chi connectivity index (χ1v) is 10.1. The molecule has 5 heteroatoms. The molecule has 0 saturated carbocycles. The molecule has 0 aliphatic heterocycles. The van der Waals surface area contributed by atoms with Crippen LogP contribution in [0.3, 0.4) is 0 Å². The maximum absolute atomic E-state index is 14.8. The molecule has 2 aliphatic carbocycles. The lowest BCUT2D eigenvalue weighted by atomic mass is 9.67. The zero-order valence-electron chi connectivity index (χ0n) is 17.3. The van der Waals surface area contributed by atoms with Crippen LogP contribution in [0.1, 0.15) is 22.3 Å². The van der Waals surface area contributed by atoms with Crippen molar-refractivity contribution in [3.05, 3.63) is 119 Å². The molecule has 164 valence electrons. The molecule has 0 saturated heterocycles. The average Bonchev–Trinajstić information content (AvgIpc) is 2.79. The molecule has 5 rings (SSSR count). The van der Waals surface area contributed by atoms with Gasteiger partial charge in [-0.1, -0.05) is 72.7 Å². The van der Waals surface area contributed by atoms with Crippen LogP contribution in [0.4, 0.5) is 13.2 Å². The maximum Gasteiger partial charge on any atom is 0.406 e. The number of halogens is 3. The number of rotatable bonds is 3. The standard InChI is InChI=1S/C22H15F3O2.C6H4/c1-2-15-5-3-4-6-20(15)21(22(23,24)25,16-7-11-18(26)12-8-16)17-9-13-19(27)14-10-17;1-2-6-4-3-5(1)6/h1,3-14,26-27H;1-4H. The second-order valence-corrected chi connectivity index (χ2v) is 7.61. The third-order valence-electron chi connectivity index (χ3n) is 5.73. The minimum Gasteiger partial charge on any atom is -0.508 e. The second-order valence-electron chi connectivity index (χ2n) is 7.61. The van der Waals surface area contributed by atoms with Crippen molar-refractivity contribution in [2.45, 2.75) is 11.6 Å². The summed E-state index contributed by atoms with van der Waals surface area (Å²) in [6, 6.07) is 24.1. The fourth-order valence-corrected chi connectivity index (χ4v) is 3.98. The number of aromatic hydroxyl groups is 2. The van der Waals surface area contributed by atoms with E-state index < -0.39 is 11.6 Å². The summed E-state index contributed by atoms with van der Waals surface area (Å²) >= 11 is 0. The lowest BCUT2D eigenvalue weighted by Crippen LogP contribution is -2.45. The smallest absolute Gasteiger partial charge is 0.406 e. The Hall–Kier alpha value is -4.17. The SMILES string of the molecule is C#Cc1ccccc1C(c1ccc(O)cc1)(c1ccc(O)cc1)C(F)(F)F.c1cc2ccc1-2. The first-order valence-electron chi connectivity index (χ1n) is 10.1. The van der Waals surface area contributed by atoms with E-state index in [1.54, 1.807) is 6.07 Å². The zero-order chi connectivity index (χ0) is 23.6. The highest BCUT2D eigenvalue weighted by Gasteiger charge is 2.59. The average molecular weight is 444 g/mol. The molecule has 3 aromatic rings. The monoisotopic (exact) mass is 444 g/mol. The summed E-state index contributed by atoms with van der Waals surface area (Å²) in [4.78, 5) is 0. The number of terminal acetylenes is 1. The Balaban J connectivity index is 0.000000367. The van der Waals surface area contributed by atoms with E-state index in [9.17, 15) is 23.4 Å². The van der Waals surface area contributed by atoms with E-state index in [0.29, 0.717) is 0 Å². The third kappa shape index (κ3) is 3.81. The van der Waals surface area contributed by atoms with Crippen molar-refractivity contribution in [3.8, 4) is 35.0 Å². The van der Waals surface area contributed by atoms with Crippen molar-refractivity contribution in [1.29, 1.82) is 0 Å². The molecule has 0 atom stereocenters. The Morgan fingerprint density at radius 1 is 0.606 bits per heavy atom. The largest absolute Gasteiger partial charge is 0.508 e. The Morgan fingerprint density at radius 2 is 1.03 bits per heavy atom. The lowest BCUT2D eigenvalue weighted by Gasteiger charge is -2.38. The Labute approximate surface area is 189 Å². The van der Waals surface area contributed by atoms with E-state index in [2.05, 4.69) is 30.2 Å². The summed E-state index contributed by atoms with van der Waals surface area (Å²) in [5, 5.41) is 19.1. The van der Waals surface area contributed by atoms with E-state index in [4.69, 9.17) is 6.42 Å². The van der Waals surface area contributed by atoms with Crippen LogP contribution >= 0.6 is 0 Å². The van der Waals surface area contributed by atoms with Crippen LogP contribution in [-0.4, -0.2) is 16.4 Å². The van der Waals surface area contributed by atoms with Crippen LogP contribution in [0.5, 0.6) is 11.5 Å². The van der Waals surface area contributed by atoms with Crippen molar-refractivity contribution in [2.75, 3.05) is 0 Å². The quantitative estimate of drug-likeness (QED) is 0.242. The van der Waals surface area contributed by atoms with Crippen molar-refractivity contribution >= 4 is 0 Å². The van der Waals surface area contributed by atoms with Gasteiger partial charge >= 0.3 is 6.18 Å². The number of hydrogen-bond donors (Lipinski definition) is 2. The summed E-state index contributed by atoms with van der Waals surface area (Å²) in [7, 11) is 0. The normalized spacial score (nSPS) is 11.7. The molecule has 0 fully saturated rings. The highest BCUT2D eigenvalue weighted by molar-refractivity contribution is 5.75. The van der Waals surface area contributed by atoms with Crippen molar-refractivity contribution in [3.63, 3.8) is 0 Å². The first-order chi connectivity index (χ1) is 15.8. The van der Waals surface area contributed by atoms with Gasteiger partial charge in [0.05, 0.1) is 0 Å². The molecule has 0 aromatic heterocycles. The minimum atomic E-state index is -4.76. The summed E-state index contributed by atoms with van der Waals surface area (Å²) in [6.45, 7) is 0. The van der Waals surface area contributed by atoms with Crippen LogP contribution in [0, 0.1) is 12.3 Å². The number of hydrogen-bond acceptors (Lipinski definition) is 2. The summed E-state index contributed by atoms with van der Waals surface area (Å²) in [5.41, 5.74) is 0.0944. The van der Waals surface area contributed by atoms with Crippen LogP contribution in [0.15, 0.2) is 97.1 Å². The first kappa shape index (κ1) is 22.0. The summed E-state index contributed by atoms with van der Waals surface area (Å²) in [6.07, 6.45) is 0.742. The number of fused-ring (bicyclic) bond motifs is 1.